The third-order valence-electron chi connectivity index (χ3n) is 4.50. The monoisotopic (exact) mass is 293 g/mol. The molecule has 1 aliphatic rings. The highest BCUT2D eigenvalue weighted by atomic mass is 15.1. The van der Waals surface area contributed by atoms with E-state index in [1.807, 2.05) is 0 Å². The molecule has 21 heavy (non-hydrogen) atoms. The minimum Gasteiger partial charge on any atom is -0.301 e. The van der Waals surface area contributed by atoms with Gasteiger partial charge in [0.1, 0.15) is 5.54 Å². The van der Waals surface area contributed by atoms with Crippen LogP contribution < -0.4 is 5.32 Å². The van der Waals surface area contributed by atoms with Crippen LogP contribution in [-0.2, 0) is 0 Å². The Morgan fingerprint density at radius 2 is 1.81 bits per heavy atom. The number of rotatable bonds is 12. The summed E-state index contributed by atoms with van der Waals surface area (Å²) in [6.07, 6.45) is 9.75. The first-order valence-corrected chi connectivity index (χ1v) is 8.93. The first-order valence-electron chi connectivity index (χ1n) is 8.93. The largest absolute Gasteiger partial charge is 0.301 e. The highest BCUT2D eigenvalue weighted by Gasteiger charge is 2.31. The fourth-order valence-electron chi connectivity index (χ4n) is 2.83. The summed E-state index contributed by atoms with van der Waals surface area (Å²) in [6.45, 7) is 11.3. The van der Waals surface area contributed by atoms with Crippen molar-refractivity contribution in [3.8, 4) is 6.07 Å². The second kappa shape index (κ2) is 9.43. The number of nitrogens with zero attached hydrogens (tertiary/aromatic N) is 2. The molecule has 1 unspecified atom stereocenters. The van der Waals surface area contributed by atoms with Crippen LogP contribution in [0.1, 0.15) is 79.1 Å². The van der Waals surface area contributed by atoms with E-state index in [1.54, 1.807) is 0 Å². The lowest BCUT2D eigenvalue weighted by molar-refractivity contribution is 0.210. The average Bonchev–Trinajstić information content (AvgIpc) is 3.25. The molecular formula is C18H35N3. The van der Waals surface area contributed by atoms with Crippen molar-refractivity contribution in [3.63, 3.8) is 0 Å². The maximum atomic E-state index is 9.38. The second-order valence-electron chi connectivity index (χ2n) is 7.16. The molecule has 0 saturated heterocycles. The molecule has 0 aromatic carbocycles. The molecule has 3 heteroatoms. The summed E-state index contributed by atoms with van der Waals surface area (Å²) in [6, 6.07) is 3.72. The van der Waals surface area contributed by atoms with Crippen LogP contribution in [0.4, 0.5) is 0 Å². The van der Waals surface area contributed by atoms with Crippen LogP contribution in [-0.4, -0.2) is 35.6 Å². The molecule has 0 aromatic rings. The van der Waals surface area contributed by atoms with Gasteiger partial charge in [-0.3, -0.25) is 5.32 Å². The maximum absolute atomic E-state index is 9.38. The fourth-order valence-corrected chi connectivity index (χ4v) is 2.83. The zero-order valence-corrected chi connectivity index (χ0v) is 14.6. The fraction of sp³-hybridized carbons (Fsp3) is 0.944. The Bertz CT molecular complexity index is 317. The highest BCUT2D eigenvalue weighted by molar-refractivity contribution is 5.06. The molecule has 1 fully saturated rings. The van der Waals surface area contributed by atoms with E-state index >= 15 is 0 Å². The number of hydrogen-bond donors (Lipinski definition) is 1. The molecule has 0 spiro atoms. The van der Waals surface area contributed by atoms with Crippen LogP contribution in [0.5, 0.6) is 0 Å². The Hall–Kier alpha value is -0.590. The number of unbranched alkanes of at least 4 members (excludes halogenated alkanes) is 3. The van der Waals surface area contributed by atoms with Crippen molar-refractivity contribution in [2.24, 2.45) is 0 Å². The van der Waals surface area contributed by atoms with Crippen LogP contribution in [0.2, 0.25) is 0 Å². The van der Waals surface area contributed by atoms with Crippen LogP contribution in [0.25, 0.3) is 0 Å². The first-order chi connectivity index (χ1) is 10.0. The zero-order chi connectivity index (χ0) is 15.7. The molecule has 0 radical (unpaired) electrons. The Morgan fingerprint density at radius 1 is 1.19 bits per heavy atom. The lowest BCUT2D eigenvalue weighted by Crippen LogP contribution is -2.42. The van der Waals surface area contributed by atoms with Crippen molar-refractivity contribution in [1.82, 2.24) is 10.2 Å². The number of hydrogen-bond acceptors (Lipinski definition) is 3. The summed E-state index contributed by atoms with van der Waals surface area (Å²) in [4.78, 5) is 2.59. The topological polar surface area (TPSA) is 39.1 Å². The molecule has 1 rings (SSSR count). The molecule has 1 saturated carbocycles. The van der Waals surface area contributed by atoms with Gasteiger partial charge in [0.25, 0.3) is 0 Å². The number of nitrogens with one attached hydrogen (secondary N) is 1. The maximum Gasteiger partial charge on any atom is 0.104 e. The highest BCUT2D eigenvalue weighted by Crippen LogP contribution is 2.24. The molecule has 0 aromatic heterocycles. The lowest BCUT2D eigenvalue weighted by Gasteiger charge is -2.27. The summed E-state index contributed by atoms with van der Waals surface area (Å²) < 4.78 is 0. The van der Waals surface area contributed by atoms with Crippen molar-refractivity contribution in [2.45, 2.75) is 96.7 Å². The summed E-state index contributed by atoms with van der Waals surface area (Å²) in [5, 5.41) is 12.9. The Morgan fingerprint density at radius 3 is 2.29 bits per heavy atom. The third-order valence-corrected chi connectivity index (χ3v) is 4.50. The molecule has 0 aliphatic heterocycles. The molecule has 122 valence electrons. The van der Waals surface area contributed by atoms with E-state index in [4.69, 9.17) is 0 Å². The van der Waals surface area contributed by atoms with Gasteiger partial charge in [0.2, 0.25) is 0 Å². The predicted octanol–water partition coefficient (Wildman–Crippen LogP) is 4.09. The van der Waals surface area contributed by atoms with Gasteiger partial charge in [-0.05, 0) is 72.4 Å². The van der Waals surface area contributed by atoms with Crippen molar-refractivity contribution < 1.29 is 0 Å². The predicted molar refractivity (Wildman–Crippen MR) is 90.3 cm³/mol. The van der Waals surface area contributed by atoms with Gasteiger partial charge < -0.3 is 4.90 Å². The van der Waals surface area contributed by atoms with E-state index in [-0.39, 0.29) is 5.54 Å². The van der Waals surface area contributed by atoms with Crippen LogP contribution in [0.15, 0.2) is 0 Å². The van der Waals surface area contributed by atoms with E-state index in [0.29, 0.717) is 12.1 Å². The summed E-state index contributed by atoms with van der Waals surface area (Å²) in [7, 11) is 0. The van der Waals surface area contributed by atoms with Crippen LogP contribution >= 0.6 is 0 Å². The van der Waals surface area contributed by atoms with Gasteiger partial charge >= 0.3 is 0 Å². The number of nitriles is 1. The molecule has 1 aliphatic carbocycles. The molecular weight excluding hydrogens is 258 g/mol. The smallest absolute Gasteiger partial charge is 0.104 e. The van der Waals surface area contributed by atoms with Crippen molar-refractivity contribution in [2.75, 3.05) is 13.1 Å². The lowest BCUT2D eigenvalue weighted by atomic mass is 9.96. The molecule has 1 N–H and O–H groups in total. The summed E-state index contributed by atoms with van der Waals surface area (Å²) >= 11 is 0. The van der Waals surface area contributed by atoms with E-state index in [2.05, 4.69) is 44.0 Å². The minimum atomic E-state index is -0.313. The molecule has 0 amide bonds. The zero-order valence-electron chi connectivity index (χ0n) is 14.6. The quantitative estimate of drug-likeness (QED) is 0.551. The SMILES string of the molecule is CCCCCN(CCCCC(C)(C#N)NC1CC1)C(C)C. The average molecular weight is 293 g/mol. The van der Waals surface area contributed by atoms with Crippen molar-refractivity contribution in [1.29, 1.82) is 5.26 Å². The molecule has 0 bridgehead atoms. The van der Waals surface area contributed by atoms with Gasteiger partial charge in [-0.1, -0.05) is 19.8 Å². The Labute approximate surface area is 132 Å². The van der Waals surface area contributed by atoms with Crippen molar-refractivity contribution in [3.05, 3.63) is 0 Å². The standard InChI is InChI=1S/C18H35N3/c1-5-6-8-13-21(16(2)3)14-9-7-12-18(4,15-19)20-17-10-11-17/h16-17,20H,5-14H2,1-4H3. The molecule has 1 atom stereocenters. The van der Waals surface area contributed by atoms with Gasteiger partial charge in [-0.2, -0.15) is 5.26 Å². The van der Waals surface area contributed by atoms with E-state index in [1.165, 1.54) is 51.6 Å². The summed E-state index contributed by atoms with van der Waals surface area (Å²) in [5.74, 6) is 0. The van der Waals surface area contributed by atoms with Gasteiger partial charge in [0, 0.05) is 12.1 Å². The first kappa shape index (κ1) is 18.5. The molecule has 3 nitrogen and oxygen atoms in total. The normalized spacial score (nSPS) is 18.0. The van der Waals surface area contributed by atoms with Crippen LogP contribution in [0, 0.1) is 11.3 Å². The third kappa shape index (κ3) is 7.83. The Balaban J connectivity index is 2.21. The van der Waals surface area contributed by atoms with E-state index < -0.39 is 0 Å². The molecule has 0 heterocycles. The van der Waals surface area contributed by atoms with Gasteiger partial charge in [-0.25, -0.2) is 0 Å². The van der Waals surface area contributed by atoms with Crippen molar-refractivity contribution >= 4 is 0 Å². The minimum absolute atomic E-state index is 0.313. The van der Waals surface area contributed by atoms with Crippen LogP contribution in [0.3, 0.4) is 0 Å². The van der Waals surface area contributed by atoms with E-state index in [0.717, 1.165) is 12.8 Å². The van der Waals surface area contributed by atoms with Gasteiger partial charge in [-0.15, -0.1) is 0 Å². The Kier molecular flexibility index (Phi) is 8.29. The summed E-state index contributed by atoms with van der Waals surface area (Å²) in [5.41, 5.74) is -0.313. The van der Waals surface area contributed by atoms with Gasteiger partial charge in [0.05, 0.1) is 6.07 Å². The van der Waals surface area contributed by atoms with E-state index in [9.17, 15) is 5.26 Å². The van der Waals surface area contributed by atoms with Gasteiger partial charge in [0.15, 0.2) is 0 Å². The second-order valence-corrected chi connectivity index (χ2v) is 7.16.